The summed E-state index contributed by atoms with van der Waals surface area (Å²) in [4.78, 5) is 14.3. The van der Waals surface area contributed by atoms with Crippen LogP contribution in [0.4, 0.5) is 0 Å². The summed E-state index contributed by atoms with van der Waals surface area (Å²) in [6, 6.07) is 8.46. The molecule has 1 aromatic carbocycles. The number of hydrogen-bond acceptors (Lipinski definition) is 1. The molecular weight excluding hydrogens is 198 g/mol. The number of amides is 1. The molecule has 1 aliphatic heterocycles. The first kappa shape index (κ1) is 9.88. The summed E-state index contributed by atoms with van der Waals surface area (Å²) in [6.45, 7) is 1.96. The minimum Gasteiger partial charge on any atom is -0.342 e. The summed E-state index contributed by atoms with van der Waals surface area (Å²) in [5.41, 5.74) is 2.75. The maximum absolute atomic E-state index is 12.2. The van der Waals surface area contributed by atoms with Crippen LogP contribution in [0.5, 0.6) is 0 Å². The van der Waals surface area contributed by atoms with E-state index in [0.717, 1.165) is 25.9 Å². The number of benzene rings is 1. The summed E-state index contributed by atoms with van der Waals surface area (Å²) in [5, 5.41) is 0. The van der Waals surface area contributed by atoms with Crippen LogP contribution in [-0.2, 0) is 17.6 Å². The Bertz CT molecular complexity index is 382. The van der Waals surface area contributed by atoms with Crippen molar-refractivity contribution in [3.8, 4) is 0 Å². The highest BCUT2D eigenvalue weighted by Crippen LogP contribution is 2.28. The fraction of sp³-hybridized carbons (Fsp3) is 0.500. The molecule has 0 N–H and O–H groups in total. The molecule has 2 aliphatic rings. The summed E-state index contributed by atoms with van der Waals surface area (Å²) < 4.78 is 0. The van der Waals surface area contributed by atoms with E-state index in [2.05, 4.69) is 29.2 Å². The second-order valence-electron chi connectivity index (χ2n) is 4.91. The Morgan fingerprint density at radius 3 is 2.19 bits per heavy atom. The summed E-state index contributed by atoms with van der Waals surface area (Å²) in [5.74, 6) is 0.601. The number of rotatable bonds is 1. The first-order chi connectivity index (χ1) is 7.84. The van der Waals surface area contributed by atoms with E-state index in [1.165, 1.54) is 24.0 Å². The second-order valence-corrected chi connectivity index (χ2v) is 4.91. The van der Waals surface area contributed by atoms with Gasteiger partial charge in [0.1, 0.15) is 0 Å². The van der Waals surface area contributed by atoms with Gasteiger partial charge in [0, 0.05) is 19.0 Å². The summed E-state index contributed by atoms with van der Waals surface area (Å²) in [6.07, 6.45) is 4.27. The molecule has 0 unspecified atom stereocenters. The third-order valence-electron chi connectivity index (χ3n) is 3.82. The fourth-order valence-corrected chi connectivity index (χ4v) is 2.93. The standard InChI is InChI=1S/C14H17NO/c16-14(15-7-3-4-8-15)13-9-11-5-1-2-6-12(11)10-13/h1-2,5-6,13H,3-4,7-10H2. The molecule has 0 radical (unpaired) electrons. The lowest BCUT2D eigenvalue weighted by atomic mass is 10.1. The molecule has 3 rings (SSSR count). The lowest BCUT2D eigenvalue weighted by Gasteiger charge is -2.19. The van der Waals surface area contributed by atoms with Gasteiger partial charge in [-0.05, 0) is 36.8 Å². The molecule has 2 heteroatoms. The maximum Gasteiger partial charge on any atom is 0.226 e. The van der Waals surface area contributed by atoms with Gasteiger partial charge in [-0.15, -0.1) is 0 Å². The van der Waals surface area contributed by atoms with Crippen LogP contribution >= 0.6 is 0 Å². The Morgan fingerprint density at radius 2 is 1.62 bits per heavy atom. The summed E-state index contributed by atoms with van der Waals surface area (Å²) >= 11 is 0. The van der Waals surface area contributed by atoms with Gasteiger partial charge in [-0.1, -0.05) is 24.3 Å². The van der Waals surface area contributed by atoms with Gasteiger partial charge < -0.3 is 4.90 Å². The Balaban J connectivity index is 1.73. The Hall–Kier alpha value is -1.31. The maximum atomic E-state index is 12.2. The third-order valence-corrected chi connectivity index (χ3v) is 3.82. The fourth-order valence-electron chi connectivity index (χ4n) is 2.93. The monoisotopic (exact) mass is 215 g/mol. The van der Waals surface area contributed by atoms with E-state index in [9.17, 15) is 4.79 Å². The van der Waals surface area contributed by atoms with Gasteiger partial charge in [0.15, 0.2) is 0 Å². The number of fused-ring (bicyclic) bond motifs is 1. The first-order valence-corrected chi connectivity index (χ1v) is 6.20. The van der Waals surface area contributed by atoms with Crippen LogP contribution in [0.1, 0.15) is 24.0 Å². The van der Waals surface area contributed by atoms with E-state index in [4.69, 9.17) is 0 Å². The molecule has 1 heterocycles. The predicted octanol–water partition coefficient (Wildman–Crippen LogP) is 2.02. The third kappa shape index (κ3) is 1.62. The van der Waals surface area contributed by atoms with Gasteiger partial charge in [0.05, 0.1) is 0 Å². The lowest BCUT2D eigenvalue weighted by Crippen LogP contribution is -2.34. The molecule has 1 saturated heterocycles. The van der Waals surface area contributed by atoms with Crippen LogP contribution in [0.25, 0.3) is 0 Å². The second kappa shape index (κ2) is 3.93. The zero-order chi connectivity index (χ0) is 11.0. The highest BCUT2D eigenvalue weighted by Gasteiger charge is 2.31. The number of carbonyl (C=O) groups excluding carboxylic acids is 1. The Kier molecular flexibility index (Phi) is 2.43. The van der Waals surface area contributed by atoms with Crippen LogP contribution in [-0.4, -0.2) is 23.9 Å². The smallest absolute Gasteiger partial charge is 0.226 e. The zero-order valence-corrected chi connectivity index (χ0v) is 9.48. The van der Waals surface area contributed by atoms with Crippen LogP contribution < -0.4 is 0 Å². The van der Waals surface area contributed by atoms with Crippen molar-refractivity contribution in [3.05, 3.63) is 35.4 Å². The first-order valence-electron chi connectivity index (χ1n) is 6.20. The van der Waals surface area contributed by atoms with Gasteiger partial charge >= 0.3 is 0 Å². The van der Waals surface area contributed by atoms with E-state index in [-0.39, 0.29) is 5.92 Å². The van der Waals surface area contributed by atoms with Crippen molar-refractivity contribution in [1.82, 2.24) is 4.90 Å². The molecule has 1 aliphatic carbocycles. The minimum absolute atomic E-state index is 0.218. The molecule has 84 valence electrons. The molecule has 1 aromatic rings. The van der Waals surface area contributed by atoms with Crippen molar-refractivity contribution in [2.75, 3.05) is 13.1 Å². The van der Waals surface area contributed by atoms with E-state index >= 15 is 0 Å². The highest BCUT2D eigenvalue weighted by molar-refractivity contribution is 5.80. The van der Waals surface area contributed by atoms with Crippen molar-refractivity contribution in [1.29, 1.82) is 0 Å². The van der Waals surface area contributed by atoms with Crippen LogP contribution in [0.2, 0.25) is 0 Å². The van der Waals surface area contributed by atoms with Crippen molar-refractivity contribution in [2.45, 2.75) is 25.7 Å². The molecule has 2 nitrogen and oxygen atoms in total. The molecular formula is C14H17NO. The number of nitrogens with zero attached hydrogens (tertiary/aromatic N) is 1. The van der Waals surface area contributed by atoms with Crippen LogP contribution in [0.15, 0.2) is 24.3 Å². The molecule has 0 atom stereocenters. The van der Waals surface area contributed by atoms with Gasteiger partial charge in [-0.25, -0.2) is 0 Å². The quantitative estimate of drug-likeness (QED) is 0.702. The summed E-state index contributed by atoms with van der Waals surface area (Å²) in [7, 11) is 0. The van der Waals surface area contributed by atoms with E-state index < -0.39 is 0 Å². The largest absolute Gasteiger partial charge is 0.342 e. The molecule has 1 fully saturated rings. The van der Waals surface area contributed by atoms with Crippen molar-refractivity contribution in [2.24, 2.45) is 5.92 Å². The minimum atomic E-state index is 0.218. The SMILES string of the molecule is O=C(C1Cc2ccccc2C1)N1CCCC1. The lowest BCUT2D eigenvalue weighted by molar-refractivity contribution is -0.134. The average Bonchev–Trinajstić information content (AvgIpc) is 2.97. The van der Waals surface area contributed by atoms with Gasteiger partial charge in [0.25, 0.3) is 0 Å². The van der Waals surface area contributed by atoms with Crippen LogP contribution in [0, 0.1) is 5.92 Å². The zero-order valence-electron chi connectivity index (χ0n) is 9.48. The van der Waals surface area contributed by atoms with E-state index in [0.29, 0.717) is 5.91 Å². The Labute approximate surface area is 96.3 Å². The predicted molar refractivity (Wildman–Crippen MR) is 63.2 cm³/mol. The van der Waals surface area contributed by atoms with Crippen molar-refractivity contribution >= 4 is 5.91 Å². The van der Waals surface area contributed by atoms with Gasteiger partial charge in [0.2, 0.25) is 5.91 Å². The van der Waals surface area contributed by atoms with Crippen LogP contribution in [0.3, 0.4) is 0 Å². The number of hydrogen-bond donors (Lipinski definition) is 0. The Morgan fingerprint density at radius 1 is 1.06 bits per heavy atom. The highest BCUT2D eigenvalue weighted by atomic mass is 16.2. The number of carbonyl (C=O) groups is 1. The van der Waals surface area contributed by atoms with Crippen molar-refractivity contribution in [3.63, 3.8) is 0 Å². The molecule has 1 amide bonds. The topological polar surface area (TPSA) is 20.3 Å². The van der Waals surface area contributed by atoms with Gasteiger partial charge in [-0.3, -0.25) is 4.79 Å². The normalized spacial score (nSPS) is 20.1. The van der Waals surface area contributed by atoms with Crippen molar-refractivity contribution < 1.29 is 4.79 Å². The molecule has 16 heavy (non-hydrogen) atoms. The van der Waals surface area contributed by atoms with E-state index in [1.807, 2.05) is 0 Å². The molecule has 0 spiro atoms. The molecule has 0 aromatic heterocycles. The average molecular weight is 215 g/mol. The van der Waals surface area contributed by atoms with E-state index in [1.54, 1.807) is 0 Å². The number of likely N-dealkylation sites (tertiary alicyclic amines) is 1. The van der Waals surface area contributed by atoms with Gasteiger partial charge in [-0.2, -0.15) is 0 Å². The molecule has 0 bridgehead atoms. The molecule has 0 saturated carbocycles.